The number of aryl methyl sites for hydroxylation is 1. The van der Waals surface area contributed by atoms with Gasteiger partial charge in [-0.2, -0.15) is 0 Å². The molecule has 0 fully saturated rings. The molecule has 0 spiro atoms. The molecule has 112 valence electrons. The van der Waals surface area contributed by atoms with E-state index in [1.165, 1.54) is 15.3 Å². The average molecular weight is 301 g/mol. The van der Waals surface area contributed by atoms with Crippen LogP contribution in [0.2, 0.25) is 0 Å². The van der Waals surface area contributed by atoms with Crippen molar-refractivity contribution >= 4 is 11.3 Å². The first-order valence-electron chi connectivity index (χ1n) is 7.87. The second-order valence-corrected chi connectivity index (χ2v) is 6.67. The Morgan fingerprint density at radius 2 is 2.10 bits per heavy atom. The van der Waals surface area contributed by atoms with Gasteiger partial charge in [-0.25, -0.2) is 0 Å². The molecule has 3 heteroatoms. The summed E-state index contributed by atoms with van der Waals surface area (Å²) in [6.45, 7) is 6.22. The van der Waals surface area contributed by atoms with Crippen molar-refractivity contribution in [1.29, 1.82) is 0 Å². The lowest BCUT2D eigenvalue weighted by atomic mass is 9.86. The number of ether oxygens (including phenoxy) is 1. The largest absolute Gasteiger partial charge is 0.493 e. The minimum Gasteiger partial charge on any atom is -0.493 e. The maximum absolute atomic E-state index is 5.82. The van der Waals surface area contributed by atoms with Gasteiger partial charge in [0.25, 0.3) is 0 Å². The molecule has 3 rings (SSSR count). The van der Waals surface area contributed by atoms with Gasteiger partial charge in [-0.05, 0) is 43.1 Å². The molecule has 1 aromatic heterocycles. The first-order chi connectivity index (χ1) is 10.3. The molecule has 1 N–H and O–H groups in total. The summed E-state index contributed by atoms with van der Waals surface area (Å²) in [6.07, 6.45) is 2.20. The van der Waals surface area contributed by atoms with Crippen molar-refractivity contribution in [3.8, 4) is 5.75 Å². The number of benzene rings is 1. The lowest BCUT2D eigenvalue weighted by molar-refractivity contribution is 0.247. The Bertz CT molecular complexity index is 592. The zero-order valence-corrected chi connectivity index (χ0v) is 13.6. The number of thiophene rings is 1. The number of rotatable bonds is 5. The van der Waals surface area contributed by atoms with Crippen molar-refractivity contribution in [2.45, 2.75) is 38.6 Å². The van der Waals surface area contributed by atoms with Crippen molar-refractivity contribution < 1.29 is 4.74 Å². The standard InChI is InChI=1S/C18H23NOS/c1-3-13-9-10-17(21-13)18(19-4-2)15-11-12-20-16-8-6-5-7-14(15)16/h5-10,15,18-19H,3-4,11-12H2,1-2H3. The van der Waals surface area contributed by atoms with Crippen LogP contribution in [0.1, 0.15) is 47.5 Å². The first kappa shape index (κ1) is 14.6. The Labute approximate surface area is 131 Å². The van der Waals surface area contributed by atoms with Crippen molar-refractivity contribution in [2.24, 2.45) is 0 Å². The molecule has 0 saturated carbocycles. The molecule has 2 aromatic rings. The van der Waals surface area contributed by atoms with Gasteiger partial charge >= 0.3 is 0 Å². The van der Waals surface area contributed by atoms with Gasteiger partial charge in [0, 0.05) is 21.7 Å². The number of fused-ring (bicyclic) bond motifs is 1. The maximum Gasteiger partial charge on any atom is 0.122 e. The lowest BCUT2D eigenvalue weighted by Gasteiger charge is -2.32. The highest BCUT2D eigenvalue weighted by atomic mass is 32.1. The number of hydrogen-bond donors (Lipinski definition) is 1. The summed E-state index contributed by atoms with van der Waals surface area (Å²) >= 11 is 1.95. The summed E-state index contributed by atoms with van der Waals surface area (Å²) in [6, 6.07) is 13.5. The summed E-state index contributed by atoms with van der Waals surface area (Å²) in [5.74, 6) is 1.56. The molecular formula is C18H23NOS. The summed E-state index contributed by atoms with van der Waals surface area (Å²) in [5.41, 5.74) is 1.35. The molecule has 2 atom stereocenters. The molecular weight excluding hydrogens is 278 g/mol. The number of nitrogens with one attached hydrogen (secondary N) is 1. The van der Waals surface area contributed by atoms with Gasteiger partial charge in [0.15, 0.2) is 0 Å². The van der Waals surface area contributed by atoms with Gasteiger partial charge in [-0.15, -0.1) is 11.3 Å². The van der Waals surface area contributed by atoms with E-state index < -0.39 is 0 Å². The predicted octanol–water partition coefficient (Wildman–Crippen LogP) is 4.53. The van der Waals surface area contributed by atoms with Crippen molar-refractivity contribution in [3.05, 3.63) is 51.7 Å². The number of likely N-dealkylation sites (N-methyl/N-ethyl adjacent to an activating group) is 1. The Balaban J connectivity index is 1.94. The average Bonchev–Trinajstić information content (AvgIpc) is 3.01. The minimum absolute atomic E-state index is 0.394. The zero-order valence-electron chi connectivity index (χ0n) is 12.8. The van der Waals surface area contributed by atoms with Crippen molar-refractivity contribution in [2.75, 3.05) is 13.2 Å². The molecule has 0 bridgehead atoms. The van der Waals surface area contributed by atoms with E-state index in [1.807, 2.05) is 11.3 Å². The molecule has 0 aliphatic carbocycles. The third-order valence-corrected chi connectivity index (χ3v) is 5.48. The molecule has 2 unspecified atom stereocenters. The smallest absolute Gasteiger partial charge is 0.122 e. The molecule has 0 saturated heterocycles. The molecule has 2 heterocycles. The maximum atomic E-state index is 5.82. The van der Waals surface area contributed by atoms with E-state index in [1.54, 1.807) is 0 Å². The summed E-state index contributed by atoms with van der Waals surface area (Å²) in [5, 5.41) is 3.70. The molecule has 0 amide bonds. The Hall–Kier alpha value is -1.32. The Kier molecular flexibility index (Phi) is 4.61. The quantitative estimate of drug-likeness (QED) is 0.876. The van der Waals surface area contributed by atoms with Crippen LogP contribution in [0.3, 0.4) is 0 Å². The van der Waals surface area contributed by atoms with E-state index in [0.717, 1.165) is 31.7 Å². The summed E-state index contributed by atoms with van der Waals surface area (Å²) in [7, 11) is 0. The third kappa shape index (κ3) is 2.99. The molecule has 1 aromatic carbocycles. The summed E-state index contributed by atoms with van der Waals surface area (Å²) in [4.78, 5) is 2.92. The summed E-state index contributed by atoms with van der Waals surface area (Å²) < 4.78 is 5.82. The van der Waals surface area contributed by atoms with Gasteiger partial charge in [0.2, 0.25) is 0 Å². The van der Waals surface area contributed by atoms with E-state index in [4.69, 9.17) is 4.74 Å². The molecule has 1 aliphatic rings. The van der Waals surface area contributed by atoms with Crippen LogP contribution in [0.25, 0.3) is 0 Å². The number of hydrogen-bond acceptors (Lipinski definition) is 3. The zero-order chi connectivity index (χ0) is 14.7. The van der Waals surface area contributed by atoms with Crippen LogP contribution in [0.15, 0.2) is 36.4 Å². The fourth-order valence-electron chi connectivity index (χ4n) is 3.13. The minimum atomic E-state index is 0.394. The lowest BCUT2D eigenvalue weighted by Crippen LogP contribution is -2.29. The van der Waals surface area contributed by atoms with Crippen LogP contribution >= 0.6 is 11.3 Å². The van der Waals surface area contributed by atoms with Crippen molar-refractivity contribution in [3.63, 3.8) is 0 Å². The first-order valence-corrected chi connectivity index (χ1v) is 8.68. The van der Waals surface area contributed by atoms with Gasteiger partial charge in [-0.1, -0.05) is 32.0 Å². The van der Waals surface area contributed by atoms with Gasteiger partial charge in [0.1, 0.15) is 5.75 Å². The van der Waals surface area contributed by atoms with Crippen LogP contribution in [-0.4, -0.2) is 13.2 Å². The van der Waals surface area contributed by atoms with Crippen LogP contribution in [0.4, 0.5) is 0 Å². The van der Waals surface area contributed by atoms with Crippen LogP contribution in [-0.2, 0) is 6.42 Å². The van der Waals surface area contributed by atoms with E-state index in [0.29, 0.717) is 12.0 Å². The van der Waals surface area contributed by atoms with Crippen LogP contribution in [0, 0.1) is 0 Å². The highest BCUT2D eigenvalue weighted by Gasteiger charge is 2.30. The molecule has 0 radical (unpaired) electrons. The monoisotopic (exact) mass is 301 g/mol. The molecule has 1 aliphatic heterocycles. The molecule has 2 nitrogen and oxygen atoms in total. The fraction of sp³-hybridized carbons (Fsp3) is 0.444. The fourth-order valence-corrected chi connectivity index (χ4v) is 4.22. The second-order valence-electron chi connectivity index (χ2n) is 5.47. The highest BCUT2D eigenvalue weighted by Crippen LogP contribution is 2.42. The van der Waals surface area contributed by atoms with Crippen LogP contribution in [0.5, 0.6) is 5.75 Å². The Morgan fingerprint density at radius 1 is 1.24 bits per heavy atom. The van der Waals surface area contributed by atoms with Gasteiger partial charge in [-0.3, -0.25) is 0 Å². The molecule has 21 heavy (non-hydrogen) atoms. The van der Waals surface area contributed by atoms with Gasteiger partial charge in [0.05, 0.1) is 6.61 Å². The van der Waals surface area contributed by atoms with Gasteiger partial charge < -0.3 is 10.1 Å². The topological polar surface area (TPSA) is 21.3 Å². The second kappa shape index (κ2) is 6.63. The van der Waals surface area contributed by atoms with Crippen molar-refractivity contribution in [1.82, 2.24) is 5.32 Å². The Morgan fingerprint density at radius 3 is 2.86 bits per heavy atom. The normalized spacial score (nSPS) is 18.9. The number of para-hydroxylation sites is 1. The van der Waals surface area contributed by atoms with E-state index in [9.17, 15) is 0 Å². The van der Waals surface area contributed by atoms with E-state index in [-0.39, 0.29) is 0 Å². The van der Waals surface area contributed by atoms with E-state index >= 15 is 0 Å². The SMILES string of the molecule is CCNC(c1ccc(CC)s1)C1CCOc2ccccc21. The predicted molar refractivity (Wildman–Crippen MR) is 89.4 cm³/mol. The van der Waals surface area contributed by atoms with Crippen LogP contribution < -0.4 is 10.1 Å². The van der Waals surface area contributed by atoms with E-state index in [2.05, 4.69) is 55.6 Å². The highest BCUT2D eigenvalue weighted by molar-refractivity contribution is 7.12. The third-order valence-electron chi connectivity index (χ3n) is 4.17.